The molecule has 1 amide bonds. The molecule has 4 nitrogen and oxygen atoms in total. The van der Waals surface area contributed by atoms with Crippen LogP contribution >= 0.6 is 34.8 Å². The van der Waals surface area contributed by atoms with Crippen molar-refractivity contribution in [2.75, 3.05) is 11.9 Å². The molecule has 7 heteroatoms. The van der Waals surface area contributed by atoms with Crippen molar-refractivity contribution in [3.63, 3.8) is 0 Å². The van der Waals surface area contributed by atoms with Crippen molar-refractivity contribution < 1.29 is 4.79 Å². The molecule has 0 fully saturated rings. The Balaban J connectivity index is 2.54. The number of carbonyl (C=O) groups excluding carboxylic acids is 1. The van der Waals surface area contributed by atoms with E-state index < -0.39 is 0 Å². The number of hydrogen-bond acceptors (Lipinski definition) is 3. The Morgan fingerprint density at radius 1 is 1.38 bits per heavy atom. The normalized spacial score (nSPS) is 10.2. The van der Waals surface area contributed by atoms with Crippen molar-refractivity contribution in [1.29, 1.82) is 0 Å². The van der Waals surface area contributed by atoms with Gasteiger partial charge in [-0.25, -0.2) is 4.98 Å². The number of hydrogen-bond donors (Lipinski definition) is 2. The molecular weight excluding hydrogens is 272 g/mol. The fourth-order valence-electron chi connectivity index (χ4n) is 1.04. The van der Waals surface area contributed by atoms with E-state index in [0.717, 1.165) is 0 Å². The average molecular weight is 283 g/mol. The number of nitrogens with zero attached hydrogens (tertiary/aromatic N) is 1. The van der Waals surface area contributed by atoms with Gasteiger partial charge in [0.05, 0.1) is 10.0 Å². The maximum absolute atomic E-state index is 10.5. The zero-order valence-electron chi connectivity index (χ0n) is 8.27. The van der Waals surface area contributed by atoms with Crippen molar-refractivity contribution in [2.24, 2.45) is 5.73 Å². The number of amides is 1. The van der Waals surface area contributed by atoms with Gasteiger partial charge in [-0.1, -0.05) is 34.8 Å². The molecule has 0 saturated carbocycles. The van der Waals surface area contributed by atoms with Crippen LogP contribution in [0, 0.1) is 0 Å². The Morgan fingerprint density at radius 3 is 2.69 bits per heavy atom. The van der Waals surface area contributed by atoms with Crippen molar-refractivity contribution in [1.82, 2.24) is 4.98 Å². The van der Waals surface area contributed by atoms with E-state index in [9.17, 15) is 4.79 Å². The van der Waals surface area contributed by atoms with Crippen molar-refractivity contribution >= 4 is 46.5 Å². The van der Waals surface area contributed by atoms with E-state index in [2.05, 4.69) is 10.3 Å². The van der Waals surface area contributed by atoms with Crippen LogP contribution in [0.2, 0.25) is 15.2 Å². The van der Waals surface area contributed by atoms with Gasteiger partial charge in [-0.3, -0.25) is 4.79 Å². The van der Waals surface area contributed by atoms with Crippen LogP contribution in [0.5, 0.6) is 0 Å². The Labute approximate surface area is 108 Å². The van der Waals surface area contributed by atoms with Gasteiger partial charge in [0, 0.05) is 13.0 Å². The Hall–Kier alpha value is -0.710. The van der Waals surface area contributed by atoms with E-state index in [1.54, 1.807) is 0 Å². The molecule has 88 valence electrons. The van der Waals surface area contributed by atoms with Gasteiger partial charge in [0.1, 0.15) is 11.0 Å². The Bertz CT molecular complexity index is 398. The summed E-state index contributed by atoms with van der Waals surface area (Å²) in [5.74, 6) is 0.107. The van der Waals surface area contributed by atoms with Gasteiger partial charge in [-0.05, 0) is 12.5 Å². The zero-order chi connectivity index (χ0) is 12.1. The molecule has 16 heavy (non-hydrogen) atoms. The highest BCUT2D eigenvalue weighted by Crippen LogP contribution is 2.28. The van der Waals surface area contributed by atoms with Crippen LogP contribution in [0.3, 0.4) is 0 Å². The molecule has 0 atom stereocenters. The van der Waals surface area contributed by atoms with Crippen LogP contribution < -0.4 is 11.1 Å². The highest BCUT2D eigenvalue weighted by atomic mass is 35.5. The summed E-state index contributed by atoms with van der Waals surface area (Å²) < 4.78 is 0. The third-order valence-electron chi connectivity index (χ3n) is 1.78. The van der Waals surface area contributed by atoms with Crippen molar-refractivity contribution in [3.8, 4) is 0 Å². The summed E-state index contributed by atoms with van der Waals surface area (Å²) in [5, 5.41) is 3.81. The lowest BCUT2D eigenvalue weighted by molar-refractivity contribution is -0.118. The van der Waals surface area contributed by atoms with Gasteiger partial charge < -0.3 is 11.1 Å². The Kier molecular flexibility index (Phi) is 5.12. The molecule has 0 bridgehead atoms. The molecule has 1 aromatic heterocycles. The molecule has 1 heterocycles. The van der Waals surface area contributed by atoms with Crippen LogP contribution in [0.1, 0.15) is 12.8 Å². The van der Waals surface area contributed by atoms with Crippen LogP contribution in [-0.2, 0) is 4.79 Å². The van der Waals surface area contributed by atoms with E-state index in [1.165, 1.54) is 6.07 Å². The van der Waals surface area contributed by atoms with Crippen LogP contribution in [0.4, 0.5) is 5.82 Å². The SMILES string of the molecule is NC(=O)CCCNc1nc(Cl)c(Cl)cc1Cl. The molecule has 0 saturated heterocycles. The highest BCUT2D eigenvalue weighted by molar-refractivity contribution is 6.42. The molecule has 0 aliphatic rings. The first-order chi connectivity index (χ1) is 7.50. The number of pyridine rings is 1. The number of halogens is 3. The molecule has 0 spiro atoms. The number of aromatic nitrogens is 1. The summed E-state index contributed by atoms with van der Waals surface area (Å²) in [5.41, 5.74) is 5.00. The minimum atomic E-state index is -0.338. The Morgan fingerprint density at radius 2 is 2.06 bits per heavy atom. The van der Waals surface area contributed by atoms with Gasteiger partial charge in [0.25, 0.3) is 0 Å². The summed E-state index contributed by atoms with van der Waals surface area (Å²) >= 11 is 17.3. The molecule has 1 aromatic rings. The van der Waals surface area contributed by atoms with Gasteiger partial charge >= 0.3 is 0 Å². The lowest BCUT2D eigenvalue weighted by Gasteiger charge is -2.07. The fraction of sp³-hybridized carbons (Fsp3) is 0.333. The second-order valence-electron chi connectivity index (χ2n) is 3.09. The lowest BCUT2D eigenvalue weighted by atomic mass is 10.3. The van der Waals surface area contributed by atoms with E-state index in [-0.39, 0.29) is 11.1 Å². The summed E-state index contributed by atoms with van der Waals surface area (Å²) in [4.78, 5) is 14.5. The minimum Gasteiger partial charge on any atom is -0.370 e. The number of carbonyl (C=O) groups is 1. The second-order valence-corrected chi connectivity index (χ2v) is 4.26. The lowest BCUT2D eigenvalue weighted by Crippen LogP contribution is -2.13. The third-order valence-corrected chi connectivity index (χ3v) is 2.74. The molecule has 0 aliphatic heterocycles. The average Bonchev–Trinajstić information content (AvgIpc) is 2.19. The maximum atomic E-state index is 10.5. The van der Waals surface area contributed by atoms with Crippen LogP contribution in [0.25, 0.3) is 0 Å². The summed E-state index contributed by atoms with van der Waals surface area (Å²) in [6.45, 7) is 0.535. The quantitative estimate of drug-likeness (QED) is 0.644. The number of rotatable bonds is 5. The smallest absolute Gasteiger partial charge is 0.217 e. The highest BCUT2D eigenvalue weighted by Gasteiger charge is 2.07. The van der Waals surface area contributed by atoms with E-state index in [4.69, 9.17) is 40.5 Å². The van der Waals surface area contributed by atoms with Gasteiger partial charge in [-0.2, -0.15) is 0 Å². The maximum Gasteiger partial charge on any atom is 0.217 e. The van der Waals surface area contributed by atoms with Crippen LogP contribution in [-0.4, -0.2) is 17.4 Å². The molecule has 1 rings (SSSR count). The minimum absolute atomic E-state index is 0.184. The number of nitrogens with two attached hydrogens (primary N) is 1. The monoisotopic (exact) mass is 281 g/mol. The number of primary amides is 1. The molecule has 3 N–H and O–H groups in total. The van der Waals surface area contributed by atoms with Gasteiger partial charge in [-0.15, -0.1) is 0 Å². The molecule has 0 unspecified atom stereocenters. The predicted octanol–water partition coefficient (Wildman–Crippen LogP) is 2.72. The van der Waals surface area contributed by atoms with Crippen molar-refractivity contribution in [2.45, 2.75) is 12.8 Å². The summed E-state index contributed by atoms with van der Waals surface area (Å²) in [7, 11) is 0. The van der Waals surface area contributed by atoms with E-state index >= 15 is 0 Å². The molecule has 0 aromatic carbocycles. The predicted molar refractivity (Wildman–Crippen MR) is 66.2 cm³/mol. The topological polar surface area (TPSA) is 68.0 Å². The fourth-order valence-corrected chi connectivity index (χ4v) is 1.60. The largest absolute Gasteiger partial charge is 0.370 e. The number of anilines is 1. The first-order valence-corrected chi connectivity index (χ1v) is 5.68. The standard InChI is InChI=1S/C9H10Cl3N3O/c10-5-4-6(11)9(15-8(5)12)14-3-1-2-7(13)16/h4H,1-3H2,(H2,13,16)(H,14,15). The summed E-state index contributed by atoms with van der Waals surface area (Å²) in [6, 6.07) is 1.51. The zero-order valence-corrected chi connectivity index (χ0v) is 10.5. The molecule has 0 aliphatic carbocycles. The number of nitrogens with one attached hydrogen (secondary N) is 1. The first-order valence-electron chi connectivity index (χ1n) is 4.54. The van der Waals surface area contributed by atoms with Crippen molar-refractivity contribution in [3.05, 3.63) is 21.3 Å². The van der Waals surface area contributed by atoms with Crippen LogP contribution in [0.15, 0.2) is 6.07 Å². The third kappa shape index (κ3) is 4.04. The molecular formula is C9H10Cl3N3O. The van der Waals surface area contributed by atoms with E-state index in [1.807, 2.05) is 0 Å². The second kappa shape index (κ2) is 6.13. The summed E-state index contributed by atoms with van der Waals surface area (Å²) in [6.07, 6.45) is 0.916. The van der Waals surface area contributed by atoms with Gasteiger partial charge in [0.2, 0.25) is 5.91 Å². The van der Waals surface area contributed by atoms with Gasteiger partial charge in [0.15, 0.2) is 0 Å². The van der Waals surface area contributed by atoms with E-state index in [0.29, 0.717) is 35.2 Å². The molecule has 0 radical (unpaired) electrons. The first kappa shape index (κ1) is 13.4.